The molecule has 3 heterocycles. The standard InChI is InChI=1S/C18H23F2N3O3/c19-17(20)26-14-1-2-15-16(11-14)23(18(24)21-15)13-3-7-22(8-4-13)12-5-9-25-10-6-12/h1-2,11-13,17H,3-10H2,(H,21,24). The van der Waals surface area contributed by atoms with E-state index in [1.54, 1.807) is 10.6 Å². The number of aromatic nitrogens is 2. The van der Waals surface area contributed by atoms with Crippen LogP contribution < -0.4 is 10.4 Å². The second-order valence-corrected chi connectivity index (χ2v) is 6.97. The Kier molecular flexibility index (Phi) is 4.95. The van der Waals surface area contributed by atoms with Crippen LogP contribution in [-0.4, -0.2) is 53.4 Å². The molecule has 0 unspecified atom stereocenters. The average Bonchev–Trinajstić information content (AvgIpc) is 2.97. The number of likely N-dealkylation sites (tertiary alicyclic amines) is 1. The van der Waals surface area contributed by atoms with E-state index < -0.39 is 6.61 Å². The molecule has 0 spiro atoms. The molecule has 1 aromatic carbocycles. The Morgan fingerprint density at radius 1 is 1.12 bits per heavy atom. The highest BCUT2D eigenvalue weighted by Crippen LogP contribution is 2.29. The summed E-state index contributed by atoms with van der Waals surface area (Å²) in [6.07, 6.45) is 3.85. The number of benzene rings is 1. The van der Waals surface area contributed by atoms with Crippen LogP contribution in [0.15, 0.2) is 23.0 Å². The molecule has 0 bridgehead atoms. The molecule has 1 N–H and O–H groups in total. The predicted molar refractivity (Wildman–Crippen MR) is 92.9 cm³/mol. The van der Waals surface area contributed by atoms with Gasteiger partial charge in [0.2, 0.25) is 0 Å². The molecule has 142 valence electrons. The number of fused-ring (bicyclic) bond motifs is 1. The van der Waals surface area contributed by atoms with Gasteiger partial charge in [0.25, 0.3) is 0 Å². The summed E-state index contributed by atoms with van der Waals surface area (Å²) < 4.78 is 36.6. The fourth-order valence-corrected chi connectivity index (χ4v) is 4.20. The Balaban J connectivity index is 1.53. The minimum atomic E-state index is -2.88. The number of nitrogens with zero attached hydrogens (tertiary/aromatic N) is 2. The smallest absolute Gasteiger partial charge is 0.387 e. The van der Waals surface area contributed by atoms with Gasteiger partial charge in [-0.2, -0.15) is 8.78 Å². The molecule has 0 radical (unpaired) electrons. The van der Waals surface area contributed by atoms with Gasteiger partial charge in [-0.05, 0) is 37.8 Å². The van der Waals surface area contributed by atoms with Crippen LogP contribution in [0.4, 0.5) is 8.78 Å². The molecule has 0 saturated carbocycles. The summed E-state index contributed by atoms with van der Waals surface area (Å²) >= 11 is 0. The second-order valence-electron chi connectivity index (χ2n) is 6.97. The molecule has 2 aliphatic heterocycles. The van der Waals surface area contributed by atoms with E-state index in [9.17, 15) is 13.6 Å². The summed E-state index contributed by atoms with van der Waals surface area (Å²) in [6.45, 7) is 0.622. The lowest BCUT2D eigenvalue weighted by molar-refractivity contribution is -0.0497. The van der Waals surface area contributed by atoms with Crippen LogP contribution in [0.25, 0.3) is 11.0 Å². The SMILES string of the molecule is O=c1[nH]c2ccc(OC(F)F)cc2n1C1CCN(C2CCOCC2)CC1. The zero-order chi connectivity index (χ0) is 18.1. The first-order valence-corrected chi connectivity index (χ1v) is 9.12. The summed E-state index contributed by atoms with van der Waals surface area (Å²) in [5, 5.41) is 0. The third-order valence-corrected chi connectivity index (χ3v) is 5.49. The molecule has 1 aromatic heterocycles. The van der Waals surface area contributed by atoms with Gasteiger partial charge in [0.15, 0.2) is 0 Å². The van der Waals surface area contributed by atoms with Crippen LogP contribution in [0.2, 0.25) is 0 Å². The van der Waals surface area contributed by atoms with Crippen molar-refractivity contribution in [2.45, 2.75) is 44.4 Å². The molecule has 2 fully saturated rings. The predicted octanol–water partition coefficient (Wildman–Crippen LogP) is 2.75. The molecule has 2 saturated heterocycles. The zero-order valence-electron chi connectivity index (χ0n) is 14.5. The molecule has 2 aromatic rings. The molecule has 0 atom stereocenters. The highest BCUT2D eigenvalue weighted by atomic mass is 19.3. The van der Waals surface area contributed by atoms with Crippen LogP contribution >= 0.6 is 0 Å². The van der Waals surface area contributed by atoms with Gasteiger partial charge >= 0.3 is 12.3 Å². The third-order valence-electron chi connectivity index (χ3n) is 5.49. The highest BCUT2D eigenvalue weighted by molar-refractivity contribution is 5.77. The number of nitrogens with one attached hydrogen (secondary N) is 1. The van der Waals surface area contributed by atoms with Gasteiger partial charge in [-0.1, -0.05) is 0 Å². The fraction of sp³-hybridized carbons (Fsp3) is 0.611. The number of halogens is 2. The topological polar surface area (TPSA) is 59.5 Å². The van der Waals surface area contributed by atoms with E-state index >= 15 is 0 Å². The van der Waals surface area contributed by atoms with Crippen LogP contribution in [0.5, 0.6) is 5.75 Å². The molecular weight excluding hydrogens is 344 g/mol. The Labute approximate surface area is 149 Å². The van der Waals surface area contributed by atoms with E-state index in [-0.39, 0.29) is 17.5 Å². The summed E-state index contributed by atoms with van der Waals surface area (Å²) in [7, 11) is 0. The number of H-pyrrole nitrogens is 1. The molecule has 0 amide bonds. The monoisotopic (exact) mass is 367 g/mol. The van der Waals surface area contributed by atoms with E-state index in [0.717, 1.165) is 52.0 Å². The normalized spacial score (nSPS) is 20.9. The highest BCUT2D eigenvalue weighted by Gasteiger charge is 2.28. The van der Waals surface area contributed by atoms with Crippen LogP contribution in [-0.2, 0) is 4.74 Å². The lowest BCUT2D eigenvalue weighted by Gasteiger charge is -2.39. The van der Waals surface area contributed by atoms with Crippen LogP contribution in [0, 0.1) is 0 Å². The third kappa shape index (κ3) is 3.48. The second kappa shape index (κ2) is 7.36. The van der Waals surface area contributed by atoms with Crippen LogP contribution in [0.3, 0.4) is 0 Å². The van der Waals surface area contributed by atoms with Crippen molar-refractivity contribution in [1.29, 1.82) is 0 Å². The van der Waals surface area contributed by atoms with Crippen LogP contribution in [0.1, 0.15) is 31.7 Å². The number of hydrogen-bond acceptors (Lipinski definition) is 4. The number of imidazole rings is 1. The average molecular weight is 367 g/mol. The maximum absolute atomic E-state index is 12.5. The largest absolute Gasteiger partial charge is 0.435 e. The molecule has 0 aliphatic carbocycles. The summed E-state index contributed by atoms with van der Waals surface area (Å²) in [5.41, 5.74) is 1.07. The van der Waals surface area contributed by atoms with Crippen molar-refractivity contribution >= 4 is 11.0 Å². The maximum Gasteiger partial charge on any atom is 0.387 e. The van der Waals surface area contributed by atoms with Crippen molar-refractivity contribution in [3.8, 4) is 5.75 Å². The number of ether oxygens (including phenoxy) is 2. The molecule has 2 aliphatic rings. The Hall–Kier alpha value is -1.93. The zero-order valence-corrected chi connectivity index (χ0v) is 14.5. The minimum absolute atomic E-state index is 0.0640. The van der Waals surface area contributed by atoms with Crippen molar-refractivity contribution < 1.29 is 18.3 Å². The molecule has 26 heavy (non-hydrogen) atoms. The van der Waals surface area contributed by atoms with E-state index in [1.165, 1.54) is 12.1 Å². The number of aromatic amines is 1. The lowest BCUT2D eigenvalue weighted by Crippen LogP contribution is -2.45. The van der Waals surface area contributed by atoms with Gasteiger partial charge in [-0.3, -0.25) is 4.57 Å². The molecule has 4 rings (SSSR count). The first-order chi connectivity index (χ1) is 12.6. The first kappa shape index (κ1) is 17.5. The van der Waals surface area contributed by atoms with E-state index in [2.05, 4.69) is 14.6 Å². The van der Waals surface area contributed by atoms with Crippen molar-refractivity contribution in [3.63, 3.8) is 0 Å². The Morgan fingerprint density at radius 2 is 1.85 bits per heavy atom. The molecule has 6 nitrogen and oxygen atoms in total. The van der Waals surface area contributed by atoms with Crippen molar-refractivity contribution in [3.05, 3.63) is 28.7 Å². The van der Waals surface area contributed by atoms with Gasteiger partial charge in [0, 0.05) is 44.5 Å². The minimum Gasteiger partial charge on any atom is -0.435 e. The van der Waals surface area contributed by atoms with Gasteiger partial charge in [0.05, 0.1) is 11.0 Å². The van der Waals surface area contributed by atoms with E-state index in [4.69, 9.17) is 4.74 Å². The summed E-state index contributed by atoms with van der Waals surface area (Å²) in [5.74, 6) is 0.0693. The van der Waals surface area contributed by atoms with Gasteiger partial charge in [-0.25, -0.2) is 4.79 Å². The van der Waals surface area contributed by atoms with Gasteiger partial charge < -0.3 is 19.4 Å². The molecule has 8 heteroatoms. The van der Waals surface area contributed by atoms with Crippen molar-refractivity contribution in [2.24, 2.45) is 0 Å². The number of piperidine rings is 1. The maximum atomic E-state index is 12.5. The lowest BCUT2D eigenvalue weighted by atomic mass is 9.99. The summed E-state index contributed by atoms with van der Waals surface area (Å²) in [4.78, 5) is 17.7. The van der Waals surface area contributed by atoms with Gasteiger partial charge in [-0.15, -0.1) is 0 Å². The number of hydrogen-bond donors (Lipinski definition) is 1. The van der Waals surface area contributed by atoms with E-state index in [1.807, 2.05) is 0 Å². The fourth-order valence-electron chi connectivity index (χ4n) is 4.20. The quantitative estimate of drug-likeness (QED) is 0.903. The summed E-state index contributed by atoms with van der Waals surface area (Å²) in [6, 6.07) is 5.21. The van der Waals surface area contributed by atoms with Gasteiger partial charge in [0.1, 0.15) is 5.75 Å². The van der Waals surface area contributed by atoms with Crippen molar-refractivity contribution in [2.75, 3.05) is 26.3 Å². The first-order valence-electron chi connectivity index (χ1n) is 9.12. The number of alkyl halides is 2. The molecular formula is C18H23F2N3O3. The Morgan fingerprint density at radius 3 is 2.54 bits per heavy atom. The Bertz CT molecular complexity index is 806. The van der Waals surface area contributed by atoms with E-state index in [0.29, 0.717) is 17.1 Å². The number of rotatable bonds is 4. The van der Waals surface area contributed by atoms with Crippen molar-refractivity contribution in [1.82, 2.24) is 14.5 Å².